The number of nitrogens with zero attached hydrogens (tertiary/aromatic N) is 7. The Kier molecular flexibility index (Phi) is 7.35. The number of rotatable bonds is 9. The lowest BCUT2D eigenvalue weighted by atomic mass is 9.84. The van der Waals surface area contributed by atoms with Crippen molar-refractivity contribution in [3.05, 3.63) is 40.4 Å². The Bertz CT molecular complexity index is 1520. The van der Waals surface area contributed by atoms with Gasteiger partial charge in [0.25, 0.3) is 0 Å². The number of nitrogens with one attached hydrogen (secondary N) is 2. The maximum Gasteiger partial charge on any atom is 0.383 e. The predicted molar refractivity (Wildman–Crippen MR) is 148 cm³/mol. The number of ether oxygens (including phenoxy) is 2. The topological polar surface area (TPSA) is 144 Å². The Labute approximate surface area is 240 Å². The van der Waals surface area contributed by atoms with Crippen molar-refractivity contribution in [1.29, 1.82) is 0 Å². The lowest BCUT2D eigenvalue weighted by Crippen LogP contribution is -2.55. The molecule has 0 saturated carbocycles. The van der Waals surface area contributed by atoms with Gasteiger partial charge in [0.05, 0.1) is 37.1 Å². The molecule has 3 fully saturated rings. The van der Waals surface area contributed by atoms with E-state index in [1.54, 1.807) is 0 Å². The van der Waals surface area contributed by atoms with Crippen LogP contribution in [0, 0.1) is 17.0 Å². The molecule has 13 nitrogen and oxygen atoms in total. The monoisotopic (exact) mass is 587 g/mol. The summed E-state index contributed by atoms with van der Waals surface area (Å²) in [5.74, 6) is -1.22. The van der Waals surface area contributed by atoms with Gasteiger partial charge in [-0.05, 0) is 57.4 Å². The Morgan fingerprint density at radius 1 is 1.24 bits per heavy atom. The minimum atomic E-state index is -0.709. The van der Waals surface area contributed by atoms with E-state index in [0.29, 0.717) is 19.3 Å². The van der Waals surface area contributed by atoms with Crippen LogP contribution in [0.5, 0.6) is 5.75 Å². The normalized spacial score (nSPS) is 22.8. The van der Waals surface area contributed by atoms with Crippen molar-refractivity contribution in [1.82, 2.24) is 34.7 Å². The number of fused-ring (bicyclic) bond motifs is 1. The third-order valence-electron chi connectivity index (χ3n) is 8.51. The number of benzene rings is 1. The maximum absolute atomic E-state index is 15.4. The first kappa shape index (κ1) is 28.4. The first-order valence-corrected chi connectivity index (χ1v) is 14.0. The van der Waals surface area contributed by atoms with E-state index in [2.05, 4.69) is 49.7 Å². The molecule has 42 heavy (non-hydrogen) atoms. The van der Waals surface area contributed by atoms with Gasteiger partial charge in [0, 0.05) is 30.7 Å². The summed E-state index contributed by atoms with van der Waals surface area (Å²) in [6.45, 7) is 6.00. The Morgan fingerprint density at radius 2 is 2.05 bits per heavy atom. The summed E-state index contributed by atoms with van der Waals surface area (Å²) in [6, 6.07) is 2.97. The van der Waals surface area contributed by atoms with Gasteiger partial charge in [0.2, 0.25) is 5.95 Å². The smallest absolute Gasteiger partial charge is 0.383 e. The molecule has 226 valence electrons. The summed E-state index contributed by atoms with van der Waals surface area (Å²) < 4.78 is 42.5. The highest BCUT2D eigenvalue weighted by Crippen LogP contribution is 2.39. The van der Waals surface area contributed by atoms with E-state index in [1.165, 1.54) is 17.9 Å². The second-order valence-corrected chi connectivity index (χ2v) is 12.1. The van der Waals surface area contributed by atoms with Gasteiger partial charge in [0.15, 0.2) is 17.5 Å². The summed E-state index contributed by atoms with van der Waals surface area (Å²) in [5, 5.41) is 23.3. The number of piperidine rings is 1. The molecule has 3 N–H and O–H groups in total. The number of anilines is 3. The van der Waals surface area contributed by atoms with Gasteiger partial charge >= 0.3 is 5.69 Å². The second-order valence-electron chi connectivity index (χ2n) is 12.1. The highest BCUT2D eigenvalue weighted by atomic mass is 19.1. The van der Waals surface area contributed by atoms with Crippen LogP contribution < -0.4 is 21.1 Å². The fourth-order valence-electron chi connectivity index (χ4n) is 6.21. The molecule has 15 heteroatoms. The Morgan fingerprint density at radius 3 is 2.74 bits per heavy atom. The number of aliphatic hydroxyl groups is 1. The van der Waals surface area contributed by atoms with Crippen LogP contribution in [0.1, 0.15) is 39.5 Å². The molecule has 2 aromatic heterocycles. The highest BCUT2D eigenvalue weighted by Gasteiger charge is 2.43. The average Bonchev–Trinajstić information content (AvgIpc) is 3.54. The van der Waals surface area contributed by atoms with Gasteiger partial charge in [-0.3, -0.25) is 4.90 Å². The zero-order chi connectivity index (χ0) is 29.6. The third-order valence-corrected chi connectivity index (χ3v) is 8.51. The summed E-state index contributed by atoms with van der Waals surface area (Å²) in [7, 11) is 1.45. The van der Waals surface area contributed by atoms with Crippen LogP contribution in [0.15, 0.2) is 23.1 Å². The van der Waals surface area contributed by atoms with Gasteiger partial charge in [-0.1, -0.05) is 5.10 Å². The highest BCUT2D eigenvalue weighted by molar-refractivity contribution is 5.63. The lowest BCUT2D eigenvalue weighted by molar-refractivity contribution is -0.153. The predicted octanol–water partition coefficient (Wildman–Crippen LogP) is 1.98. The molecule has 2 atom stereocenters. The Hall–Kier alpha value is -3.69. The number of aromatic nitrogens is 6. The van der Waals surface area contributed by atoms with Crippen LogP contribution >= 0.6 is 0 Å². The van der Waals surface area contributed by atoms with E-state index in [1.807, 2.05) is 0 Å². The molecule has 3 aliphatic heterocycles. The van der Waals surface area contributed by atoms with Gasteiger partial charge in [-0.25, -0.2) is 23.2 Å². The van der Waals surface area contributed by atoms with Crippen molar-refractivity contribution in [3.63, 3.8) is 0 Å². The summed E-state index contributed by atoms with van der Waals surface area (Å²) >= 11 is 0. The minimum Gasteiger partial charge on any atom is -0.490 e. The van der Waals surface area contributed by atoms with Crippen LogP contribution in [0.4, 0.5) is 26.2 Å². The summed E-state index contributed by atoms with van der Waals surface area (Å²) in [5.41, 5.74) is -1.09. The molecule has 3 aromatic rings. The molecule has 0 bridgehead atoms. The van der Waals surface area contributed by atoms with E-state index in [9.17, 15) is 14.3 Å². The molecule has 0 radical (unpaired) electrons. The van der Waals surface area contributed by atoms with Crippen molar-refractivity contribution in [2.24, 2.45) is 12.5 Å². The van der Waals surface area contributed by atoms with E-state index in [-0.39, 0.29) is 53.7 Å². The van der Waals surface area contributed by atoms with Gasteiger partial charge in [-0.15, -0.1) is 4.80 Å². The molecule has 1 aromatic carbocycles. The van der Waals surface area contributed by atoms with Gasteiger partial charge < -0.3 is 25.2 Å². The fourth-order valence-corrected chi connectivity index (χ4v) is 6.21. The number of aliphatic hydroxyl groups excluding tert-OH is 1. The minimum absolute atomic E-state index is 0.0189. The third kappa shape index (κ3) is 5.31. The molecule has 3 saturated heterocycles. The molecule has 5 heterocycles. The number of halogens is 2. The Balaban J connectivity index is 1.26. The lowest BCUT2D eigenvalue weighted by Gasteiger charge is -2.47. The SMILES string of the molecule is Cn1c(=O)nnn1-c1cc(Nc2ncc(F)c(N[C@@H]3C[C@@H]4CCCN4C(C)(C)C3)n2)c(F)cc1OCC1(CO)COC1. The molecule has 0 amide bonds. The zero-order valence-electron chi connectivity index (χ0n) is 23.8. The van der Waals surface area contributed by atoms with Crippen molar-refractivity contribution >= 4 is 17.5 Å². The van der Waals surface area contributed by atoms with Crippen LogP contribution in [-0.2, 0) is 11.8 Å². The van der Waals surface area contributed by atoms with Crippen molar-refractivity contribution in [3.8, 4) is 11.4 Å². The largest absolute Gasteiger partial charge is 0.490 e. The van der Waals surface area contributed by atoms with Crippen molar-refractivity contribution < 1.29 is 23.4 Å². The van der Waals surface area contributed by atoms with E-state index < -0.39 is 22.7 Å². The fraction of sp³-hybridized carbons (Fsp3) is 0.593. The van der Waals surface area contributed by atoms with Crippen LogP contribution in [0.2, 0.25) is 0 Å². The molecule has 0 spiro atoms. The standard InChI is InChI=1S/C27H35F2N9O4/c1-26(2)10-16(7-17-5-4-6-37(17)26)31-23-19(29)11-30-24(33-23)32-20-9-21(38-35-34-25(40)36(38)3)22(8-18(20)28)42-15-27(12-39)13-41-14-27/h8-9,11,16-17,39H,4-7,10,12-15H2,1-3H3,(H2,30,31,32,33)/t16-,17+/m1/s1. The van der Waals surface area contributed by atoms with Crippen molar-refractivity contribution in [2.75, 3.05) is 43.6 Å². The van der Waals surface area contributed by atoms with Crippen LogP contribution in [0.3, 0.4) is 0 Å². The van der Waals surface area contributed by atoms with Gasteiger partial charge in [0.1, 0.15) is 18.0 Å². The maximum atomic E-state index is 15.4. The zero-order valence-corrected chi connectivity index (χ0v) is 23.8. The van der Waals surface area contributed by atoms with Crippen LogP contribution in [-0.4, -0.2) is 90.4 Å². The first-order chi connectivity index (χ1) is 20.1. The molecule has 0 unspecified atom stereocenters. The number of hydrogen-bond donors (Lipinski definition) is 3. The van der Waals surface area contributed by atoms with E-state index in [0.717, 1.165) is 49.2 Å². The van der Waals surface area contributed by atoms with E-state index in [4.69, 9.17) is 9.47 Å². The molecular weight excluding hydrogens is 552 g/mol. The average molecular weight is 588 g/mol. The van der Waals surface area contributed by atoms with Gasteiger partial charge in [-0.2, -0.15) is 4.98 Å². The quantitative estimate of drug-likeness (QED) is 0.338. The number of hydrogen-bond acceptors (Lipinski definition) is 11. The summed E-state index contributed by atoms with van der Waals surface area (Å²) in [6.07, 6.45) is 5.03. The van der Waals surface area contributed by atoms with Crippen molar-refractivity contribution in [2.45, 2.75) is 57.2 Å². The van der Waals surface area contributed by atoms with E-state index >= 15 is 4.39 Å². The molecular formula is C27H35F2N9O4. The molecule has 0 aliphatic carbocycles. The first-order valence-electron chi connectivity index (χ1n) is 14.0. The molecule has 3 aliphatic rings. The van der Waals surface area contributed by atoms with Crippen LogP contribution in [0.25, 0.3) is 5.69 Å². The number of tetrazole rings is 1. The molecule has 6 rings (SSSR count). The second kappa shape index (κ2) is 10.9. The summed E-state index contributed by atoms with van der Waals surface area (Å²) in [4.78, 5) is 24.1.